The number of aromatic amines is 1. The molecule has 0 radical (unpaired) electrons. The molecule has 0 saturated carbocycles. The number of hydrogen-bond donors (Lipinski definition) is 2. The van der Waals surface area contributed by atoms with E-state index in [-0.39, 0.29) is 5.82 Å². The summed E-state index contributed by atoms with van der Waals surface area (Å²) in [6.45, 7) is 1.99. The predicted molar refractivity (Wildman–Crippen MR) is 113 cm³/mol. The molecule has 0 aliphatic heterocycles. The molecular weight excluding hydrogens is 383 g/mol. The summed E-state index contributed by atoms with van der Waals surface area (Å²) in [6, 6.07) is 17.9. The first-order chi connectivity index (χ1) is 14.5. The number of nitrogens with one attached hydrogen (secondary N) is 1. The molecule has 0 amide bonds. The van der Waals surface area contributed by atoms with Crippen LogP contribution in [0.5, 0.6) is 5.75 Å². The van der Waals surface area contributed by atoms with Crippen LogP contribution in [-0.2, 0) is 17.8 Å². The molecule has 1 aromatic heterocycles. The second-order valence-corrected chi connectivity index (χ2v) is 7.36. The molecule has 0 saturated heterocycles. The number of aromatic nitrogens is 2. The van der Waals surface area contributed by atoms with E-state index in [0.717, 1.165) is 33.2 Å². The van der Waals surface area contributed by atoms with E-state index < -0.39 is 11.9 Å². The Bertz CT molecular complexity index is 1180. The minimum atomic E-state index is -0.826. The summed E-state index contributed by atoms with van der Waals surface area (Å²) in [4.78, 5) is 11.3. The zero-order valence-electron chi connectivity index (χ0n) is 16.4. The van der Waals surface area contributed by atoms with Crippen molar-refractivity contribution in [3.05, 3.63) is 83.8 Å². The van der Waals surface area contributed by atoms with Crippen molar-refractivity contribution in [3.63, 3.8) is 0 Å². The lowest BCUT2D eigenvalue weighted by Crippen LogP contribution is -2.12. The number of aliphatic carboxylic acids is 1. The van der Waals surface area contributed by atoms with E-state index in [2.05, 4.69) is 10.2 Å². The fourth-order valence-corrected chi connectivity index (χ4v) is 3.35. The van der Waals surface area contributed by atoms with Gasteiger partial charge in [0.2, 0.25) is 0 Å². The fourth-order valence-electron chi connectivity index (χ4n) is 3.35. The van der Waals surface area contributed by atoms with Gasteiger partial charge in [0.1, 0.15) is 18.2 Å². The first kappa shape index (κ1) is 19.6. The van der Waals surface area contributed by atoms with Crippen molar-refractivity contribution in [1.29, 1.82) is 0 Å². The van der Waals surface area contributed by atoms with E-state index in [1.54, 1.807) is 25.3 Å². The van der Waals surface area contributed by atoms with Gasteiger partial charge in [-0.05, 0) is 59.5 Å². The molecular formula is C24H21FN2O3. The average molecular weight is 404 g/mol. The maximum Gasteiger partial charge on any atom is 0.306 e. The summed E-state index contributed by atoms with van der Waals surface area (Å²) in [5.74, 6) is -0.924. The molecule has 3 aromatic carbocycles. The largest absolute Gasteiger partial charge is 0.488 e. The standard InChI is InChI=1S/C24H21FN2O3/c1-15(24(28)29)10-17-4-9-23(30-14-16-2-6-20(25)7-3-16)21(11-17)18-5-8-22-19(12-18)13-26-27-22/h2-9,11-13,15H,10,14H2,1H3,(H,26,27)(H,28,29). The number of carboxylic acids is 1. The minimum absolute atomic E-state index is 0.287. The SMILES string of the molecule is CC(Cc1ccc(OCc2ccc(F)cc2)c(-c2ccc3[nH]ncc3c2)c1)C(=O)O. The van der Waals surface area contributed by atoms with Gasteiger partial charge < -0.3 is 9.84 Å². The molecule has 0 aliphatic carbocycles. The molecule has 1 atom stereocenters. The third-order valence-electron chi connectivity index (χ3n) is 5.07. The van der Waals surface area contributed by atoms with Crippen molar-refractivity contribution in [3.8, 4) is 16.9 Å². The van der Waals surface area contributed by atoms with Gasteiger partial charge in [-0.1, -0.05) is 31.2 Å². The van der Waals surface area contributed by atoms with Gasteiger partial charge in [0.25, 0.3) is 0 Å². The third kappa shape index (κ3) is 4.33. The number of carboxylic acid groups (broad SMARTS) is 1. The van der Waals surface area contributed by atoms with Crippen LogP contribution in [0.15, 0.2) is 66.9 Å². The normalized spacial score (nSPS) is 12.1. The van der Waals surface area contributed by atoms with Gasteiger partial charge in [0.05, 0.1) is 17.6 Å². The molecule has 2 N–H and O–H groups in total. The Balaban J connectivity index is 1.68. The number of hydrogen-bond acceptors (Lipinski definition) is 3. The van der Waals surface area contributed by atoms with E-state index in [1.807, 2.05) is 36.4 Å². The molecule has 4 rings (SSSR count). The monoisotopic (exact) mass is 404 g/mol. The number of fused-ring (bicyclic) bond motifs is 1. The average Bonchev–Trinajstić information content (AvgIpc) is 3.21. The first-order valence-corrected chi connectivity index (χ1v) is 9.66. The maximum atomic E-state index is 13.2. The number of ether oxygens (including phenoxy) is 1. The van der Waals surface area contributed by atoms with Crippen molar-refractivity contribution in [2.75, 3.05) is 0 Å². The van der Waals surface area contributed by atoms with Crippen LogP contribution in [0.25, 0.3) is 22.0 Å². The molecule has 0 fully saturated rings. The van der Waals surface area contributed by atoms with Crippen LogP contribution in [0.1, 0.15) is 18.1 Å². The molecule has 0 spiro atoms. The van der Waals surface area contributed by atoms with Crippen molar-refractivity contribution in [2.24, 2.45) is 5.92 Å². The van der Waals surface area contributed by atoms with E-state index in [4.69, 9.17) is 4.74 Å². The van der Waals surface area contributed by atoms with Crippen LogP contribution in [-0.4, -0.2) is 21.3 Å². The van der Waals surface area contributed by atoms with Crippen LogP contribution in [0.2, 0.25) is 0 Å². The molecule has 0 bridgehead atoms. The quantitative estimate of drug-likeness (QED) is 0.443. The number of benzene rings is 3. The summed E-state index contributed by atoms with van der Waals surface area (Å²) in [5.41, 5.74) is 4.53. The van der Waals surface area contributed by atoms with Crippen LogP contribution >= 0.6 is 0 Å². The van der Waals surface area contributed by atoms with Gasteiger partial charge in [-0.3, -0.25) is 9.89 Å². The Kier molecular flexibility index (Phi) is 5.48. The number of rotatable bonds is 7. The summed E-state index contributed by atoms with van der Waals surface area (Å²) in [7, 11) is 0. The molecule has 1 unspecified atom stereocenters. The molecule has 152 valence electrons. The Hall–Kier alpha value is -3.67. The van der Waals surface area contributed by atoms with Gasteiger partial charge in [-0.25, -0.2) is 4.39 Å². The second-order valence-electron chi connectivity index (χ2n) is 7.36. The third-order valence-corrected chi connectivity index (χ3v) is 5.07. The molecule has 6 heteroatoms. The lowest BCUT2D eigenvalue weighted by Gasteiger charge is -2.15. The van der Waals surface area contributed by atoms with Crippen molar-refractivity contribution in [1.82, 2.24) is 10.2 Å². The predicted octanol–water partition coefficient (Wildman–Crippen LogP) is 5.21. The fraction of sp³-hybridized carbons (Fsp3) is 0.167. The molecule has 4 aromatic rings. The molecule has 5 nitrogen and oxygen atoms in total. The van der Waals surface area contributed by atoms with E-state index >= 15 is 0 Å². The van der Waals surface area contributed by atoms with Crippen LogP contribution < -0.4 is 4.74 Å². The number of H-pyrrole nitrogens is 1. The smallest absolute Gasteiger partial charge is 0.306 e. The second kappa shape index (κ2) is 8.37. The number of carbonyl (C=O) groups is 1. The topological polar surface area (TPSA) is 75.2 Å². The van der Waals surface area contributed by atoms with Crippen molar-refractivity contribution in [2.45, 2.75) is 20.0 Å². The molecule has 0 aliphatic rings. The highest BCUT2D eigenvalue weighted by Crippen LogP contribution is 2.34. The Morgan fingerprint density at radius 1 is 1.10 bits per heavy atom. The van der Waals surface area contributed by atoms with E-state index in [9.17, 15) is 14.3 Å². The van der Waals surface area contributed by atoms with Crippen molar-refractivity contribution >= 4 is 16.9 Å². The summed E-state index contributed by atoms with van der Waals surface area (Å²) in [5, 5.41) is 17.2. The van der Waals surface area contributed by atoms with E-state index in [0.29, 0.717) is 18.8 Å². The lowest BCUT2D eigenvalue weighted by molar-refractivity contribution is -0.141. The van der Waals surface area contributed by atoms with Gasteiger partial charge in [-0.2, -0.15) is 5.10 Å². The minimum Gasteiger partial charge on any atom is -0.488 e. The first-order valence-electron chi connectivity index (χ1n) is 9.66. The van der Waals surface area contributed by atoms with E-state index in [1.165, 1.54) is 12.1 Å². The number of nitrogens with zero attached hydrogens (tertiary/aromatic N) is 1. The summed E-state index contributed by atoms with van der Waals surface area (Å²) < 4.78 is 19.2. The van der Waals surface area contributed by atoms with Crippen LogP contribution in [0.3, 0.4) is 0 Å². The van der Waals surface area contributed by atoms with Gasteiger partial charge in [0.15, 0.2) is 0 Å². The highest BCUT2D eigenvalue weighted by molar-refractivity contribution is 5.85. The maximum absolute atomic E-state index is 13.2. The van der Waals surface area contributed by atoms with Crippen molar-refractivity contribution < 1.29 is 19.0 Å². The number of halogens is 1. The zero-order valence-corrected chi connectivity index (χ0v) is 16.4. The summed E-state index contributed by atoms with van der Waals surface area (Å²) >= 11 is 0. The lowest BCUT2D eigenvalue weighted by atomic mass is 9.96. The summed E-state index contributed by atoms with van der Waals surface area (Å²) in [6.07, 6.45) is 2.18. The van der Waals surface area contributed by atoms with Gasteiger partial charge in [0, 0.05) is 10.9 Å². The van der Waals surface area contributed by atoms with Crippen LogP contribution in [0, 0.1) is 11.7 Å². The molecule has 1 heterocycles. The van der Waals surface area contributed by atoms with Crippen LogP contribution in [0.4, 0.5) is 4.39 Å². The van der Waals surface area contributed by atoms with Gasteiger partial charge >= 0.3 is 5.97 Å². The Labute approximate surface area is 173 Å². The Morgan fingerprint density at radius 3 is 2.63 bits per heavy atom. The van der Waals surface area contributed by atoms with Gasteiger partial charge in [-0.15, -0.1) is 0 Å². The Morgan fingerprint density at radius 2 is 1.87 bits per heavy atom. The highest BCUT2D eigenvalue weighted by atomic mass is 19.1. The highest BCUT2D eigenvalue weighted by Gasteiger charge is 2.15. The zero-order chi connectivity index (χ0) is 21.1. The molecule has 30 heavy (non-hydrogen) atoms.